The molecule has 0 saturated heterocycles. The van der Waals surface area contributed by atoms with E-state index in [1.165, 1.54) is 16.6 Å². The summed E-state index contributed by atoms with van der Waals surface area (Å²) < 4.78 is 2.35. The maximum Gasteiger partial charge on any atom is 0.336 e. The number of aromatic carboxylic acids is 1. The lowest BCUT2D eigenvalue weighted by molar-refractivity contribution is 0.0695. The molecule has 0 radical (unpaired) electrons. The van der Waals surface area contributed by atoms with E-state index >= 15 is 0 Å². The summed E-state index contributed by atoms with van der Waals surface area (Å²) in [4.78, 5) is 17.1. The molecule has 0 unspecified atom stereocenters. The van der Waals surface area contributed by atoms with Crippen LogP contribution in [0.5, 0.6) is 0 Å². The third kappa shape index (κ3) is 5.30. The Bertz CT molecular complexity index is 1330. The van der Waals surface area contributed by atoms with Gasteiger partial charge in [-0.3, -0.25) is 0 Å². The third-order valence-corrected chi connectivity index (χ3v) is 6.49. The van der Waals surface area contributed by atoms with Crippen molar-refractivity contribution in [3.8, 4) is 11.1 Å². The van der Waals surface area contributed by atoms with Gasteiger partial charge in [0.1, 0.15) is 5.82 Å². The van der Waals surface area contributed by atoms with Crippen LogP contribution in [0.2, 0.25) is 0 Å². The quantitative estimate of drug-likeness (QED) is 0.330. The molecular weight excluding hydrogens is 436 g/mol. The summed E-state index contributed by atoms with van der Waals surface area (Å²) in [5.41, 5.74) is 7.32. The van der Waals surface area contributed by atoms with Gasteiger partial charge in [0.05, 0.1) is 16.6 Å². The van der Waals surface area contributed by atoms with E-state index in [4.69, 9.17) is 4.98 Å². The predicted octanol–water partition coefficient (Wildman–Crippen LogP) is 6.57. The van der Waals surface area contributed by atoms with Gasteiger partial charge in [0.2, 0.25) is 0 Å². The van der Waals surface area contributed by atoms with Crippen molar-refractivity contribution < 1.29 is 15.4 Å². The molecular formula is C30H36N2O3. The van der Waals surface area contributed by atoms with E-state index < -0.39 is 5.97 Å². The van der Waals surface area contributed by atoms with Crippen molar-refractivity contribution >= 4 is 17.0 Å². The summed E-state index contributed by atoms with van der Waals surface area (Å²) in [7, 11) is 0. The van der Waals surface area contributed by atoms with Crippen LogP contribution in [0.15, 0.2) is 60.7 Å². The molecule has 5 nitrogen and oxygen atoms in total. The molecule has 35 heavy (non-hydrogen) atoms. The topological polar surface area (TPSA) is 86.6 Å². The molecule has 3 aromatic carbocycles. The second kappa shape index (κ2) is 10.4. The number of carbonyl (C=O) groups is 1. The van der Waals surface area contributed by atoms with E-state index in [1.807, 2.05) is 30.3 Å². The molecule has 0 atom stereocenters. The van der Waals surface area contributed by atoms with Crippen LogP contribution >= 0.6 is 0 Å². The summed E-state index contributed by atoms with van der Waals surface area (Å²) in [6, 6.07) is 20.4. The van der Waals surface area contributed by atoms with E-state index in [0.717, 1.165) is 53.8 Å². The van der Waals surface area contributed by atoms with E-state index in [1.54, 1.807) is 0 Å². The van der Waals surface area contributed by atoms with Crippen molar-refractivity contribution in [1.82, 2.24) is 9.55 Å². The summed E-state index contributed by atoms with van der Waals surface area (Å²) in [6.07, 6.45) is 3.21. The van der Waals surface area contributed by atoms with E-state index in [9.17, 15) is 9.90 Å². The SMILES string of the molecule is CCCCc1nc2cccc(C)c2n1Cc1ccc(-c2cccc(C(C)(C)C)c2C(=O)O)cc1.O. The highest BCUT2D eigenvalue weighted by molar-refractivity contribution is 5.98. The molecule has 0 bridgehead atoms. The summed E-state index contributed by atoms with van der Waals surface area (Å²) in [5, 5.41) is 10.0. The zero-order chi connectivity index (χ0) is 24.5. The molecule has 4 rings (SSSR count). The largest absolute Gasteiger partial charge is 0.478 e. The van der Waals surface area contributed by atoms with E-state index in [2.05, 4.69) is 69.5 Å². The Kier molecular flexibility index (Phi) is 7.81. The Hall–Kier alpha value is -3.44. The maximum atomic E-state index is 12.2. The molecule has 0 fully saturated rings. The van der Waals surface area contributed by atoms with Gasteiger partial charge in [-0.05, 0) is 52.6 Å². The van der Waals surface area contributed by atoms with Gasteiger partial charge in [-0.1, -0.05) is 88.7 Å². The van der Waals surface area contributed by atoms with Crippen molar-refractivity contribution in [2.75, 3.05) is 0 Å². The number of fused-ring (bicyclic) bond motifs is 1. The lowest BCUT2D eigenvalue weighted by atomic mass is 9.81. The first-order chi connectivity index (χ1) is 16.2. The summed E-state index contributed by atoms with van der Waals surface area (Å²) >= 11 is 0. The molecule has 0 spiro atoms. The van der Waals surface area contributed by atoms with Gasteiger partial charge < -0.3 is 15.1 Å². The number of hydrogen-bond acceptors (Lipinski definition) is 2. The molecule has 5 heteroatoms. The van der Waals surface area contributed by atoms with E-state index in [-0.39, 0.29) is 10.9 Å². The van der Waals surface area contributed by atoms with Crippen LogP contribution in [0.25, 0.3) is 22.2 Å². The normalized spacial score (nSPS) is 11.5. The number of unbranched alkanes of at least 4 members (excludes halogenated alkanes) is 1. The lowest BCUT2D eigenvalue weighted by Gasteiger charge is -2.23. The van der Waals surface area contributed by atoms with Gasteiger partial charge in [-0.2, -0.15) is 0 Å². The zero-order valence-corrected chi connectivity index (χ0v) is 21.4. The molecule has 1 aromatic heterocycles. The van der Waals surface area contributed by atoms with Gasteiger partial charge in [-0.25, -0.2) is 9.78 Å². The fourth-order valence-corrected chi connectivity index (χ4v) is 4.73. The number of nitrogens with zero attached hydrogens (tertiary/aromatic N) is 2. The first kappa shape index (κ1) is 26.2. The number of para-hydroxylation sites is 1. The average Bonchev–Trinajstić information content (AvgIpc) is 3.15. The second-order valence-corrected chi connectivity index (χ2v) is 10.1. The average molecular weight is 473 g/mol. The smallest absolute Gasteiger partial charge is 0.336 e. The van der Waals surface area contributed by atoms with Gasteiger partial charge in [0.25, 0.3) is 0 Å². The summed E-state index contributed by atoms with van der Waals surface area (Å²) in [5.74, 6) is 0.242. The third-order valence-electron chi connectivity index (χ3n) is 6.49. The van der Waals surface area contributed by atoms with Gasteiger partial charge >= 0.3 is 5.97 Å². The molecule has 1 heterocycles. The van der Waals surface area contributed by atoms with Crippen LogP contribution in [-0.2, 0) is 18.4 Å². The lowest BCUT2D eigenvalue weighted by Crippen LogP contribution is -2.17. The molecule has 0 amide bonds. The highest BCUT2D eigenvalue weighted by Gasteiger charge is 2.24. The summed E-state index contributed by atoms with van der Waals surface area (Å²) in [6.45, 7) is 11.2. The standard InChI is InChI=1S/C30H34N2O2.H2O/c1-6-7-14-26-31-25-13-8-10-20(2)28(25)32(26)19-21-15-17-22(18-16-21)23-11-9-12-24(30(3,4)5)27(23)29(33)34;/h8-13,15-18H,6-7,14,19H2,1-5H3,(H,33,34);1H2. The molecule has 4 aromatic rings. The first-order valence-corrected chi connectivity index (χ1v) is 12.1. The maximum absolute atomic E-state index is 12.2. The van der Waals surface area contributed by atoms with Crippen LogP contribution in [0.3, 0.4) is 0 Å². The fraction of sp³-hybridized carbons (Fsp3) is 0.333. The molecule has 3 N–H and O–H groups in total. The van der Waals surface area contributed by atoms with Crippen LogP contribution in [-0.4, -0.2) is 26.1 Å². The minimum atomic E-state index is -0.884. The molecule has 0 aliphatic carbocycles. The minimum absolute atomic E-state index is 0. The Morgan fingerprint density at radius 1 is 1.00 bits per heavy atom. The van der Waals surface area contributed by atoms with Crippen LogP contribution < -0.4 is 0 Å². The van der Waals surface area contributed by atoms with Gasteiger partial charge in [0, 0.05) is 13.0 Å². The van der Waals surface area contributed by atoms with Crippen molar-refractivity contribution in [2.45, 2.75) is 65.8 Å². The first-order valence-electron chi connectivity index (χ1n) is 12.1. The number of benzene rings is 3. The number of aryl methyl sites for hydroxylation is 2. The van der Waals surface area contributed by atoms with Crippen LogP contribution in [0.4, 0.5) is 0 Å². The van der Waals surface area contributed by atoms with Gasteiger partial charge in [-0.15, -0.1) is 0 Å². The second-order valence-electron chi connectivity index (χ2n) is 10.1. The number of carboxylic acids is 1. The molecule has 0 saturated carbocycles. The van der Waals surface area contributed by atoms with Crippen molar-refractivity contribution in [2.24, 2.45) is 0 Å². The Labute approximate surface area is 207 Å². The minimum Gasteiger partial charge on any atom is -0.478 e. The highest BCUT2D eigenvalue weighted by atomic mass is 16.4. The number of aromatic nitrogens is 2. The molecule has 0 aliphatic heterocycles. The number of hydrogen-bond donors (Lipinski definition) is 1. The predicted molar refractivity (Wildman–Crippen MR) is 143 cm³/mol. The van der Waals surface area contributed by atoms with Gasteiger partial charge in [0.15, 0.2) is 0 Å². The Morgan fingerprint density at radius 2 is 1.69 bits per heavy atom. The Balaban J connectivity index is 0.00000342. The number of carboxylic acid groups (broad SMARTS) is 1. The van der Waals surface area contributed by atoms with Crippen molar-refractivity contribution in [1.29, 1.82) is 0 Å². The Morgan fingerprint density at radius 3 is 2.31 bits per heavy atom. The number of imidazole rings is 1. The number of rotatable bonds is 7. The van der Waals surface area contributed by atoms with Crippen molar-refractivity contribution in [3.63, 3.8) is 0 Å². The molecule has 0 aliphatic rings. The fourth-order valence-electron chi connectivity index (χ4n) is 4.73. The monoisotopic (exact) mass is 472 g/mol. The van der Waals surface area contributed by atoms with Crippen LogP contribution in [0, 0.1) is 6.92 Å². The van der Waals surface area contributed by atoms with Crippen LogP contribution in [0.1, 0.15) is 73.4 Å². The zero-order valence-electron chi connectivity index (χ0n) is 21.4. The van der Waals surface area contributed by atoms with E-state index in [0.29, 0.717) is 5.56 Å². The highest BCUT2D eigenvalue weighted by Crippen LogP contribution is 2.33. The molecule has 184 valence electrons. The van der Waals surface area contributed by atoms with Crippen molar-refractivity contribution in [3.05, 3.63) is 88.7 Å².